The SMILES string of the molecule is COc1ccc(Cl)cc1N(CC(=O)N/N=C\c1cc(Br)c(OCc2ccc(C)cc2)c(OC)c1)S(=O)(=O)c1ccc(C)cc1. The molecule has 0 aliphatic carbocycles. The molecule has 4 rings (SSSR count). The van der Waals surface area contributed by atoms with Gasteiger partial charge in [0, 0.05) is 5.02 Å². The number of methoxy groups -OCH3 is 2. The van der Waals surface area contributed by atoms with Gasteiger partial charge < -0.3 is 14.2 Å². The molecule has 9 nitrogen and oxygen atoms in total. The highest BCUT2D eigenvalue weighted by Crippen LogP contribution is 2.37. The fourth-order valence-electron chi connectivity index (χ4n) is 4.13. The summed E-state index contributed by atoms with van der Waals surface area (Å²) < 4.78 is 45.9. The summed E-state index contributed by atoms with van der Waals surface area (Å²) in [5.41, 5.74) is 6.16. The Balaban J connectivity index is 1.53. The van der Waals surface area contributed by atoms with Crippen molar-refractivity contribution < 1.29 is 27.4 Å². The maximum atomic E-state index is 13.7. The summed E-state index contributed by atoms with van der Waals surface area (Å²) in [6.07, 6.45) is 1.41. The van der Waals surface area contributed by atoms with Crippen LogP contribution in [0.3, 0.4) is 0 Å². The van der Waals surface area contributed by atoms with Crippen molar-refractivity contribution >= 4 is 55.4 Å². The number of aryl methyl sites for hydroxylation is 2. The molecule has 44 heavy (non-hydrogen) atoms. The lowest BCUT2D eigenvalue weighted by Gasteiger charge is -2.25. The monoisotopic (exact) mass is 699 g/mol. The smallest absolute Gasteiger partial charge is 0.264 e. The van der Waals surface area contributed by atoms with Crippen LogP contribution >= 0.6 is 27.5 Å². The molecule has 0 unspecified atom stereocenters. The van der Waals surface area contributed by atoms with Gasteiger partial charge >= 0.3 is 0 Å². The minimum atomic E-state index is -4.19. The molecule has 0 atom stereocenters. The quantitative estimate of drug-likeness (QED) is 0.131. The zero-order chi connectivity index (χ0) is 31.9. The summed E-state index contributed by atoms with van der Waals surface area (Å²) in [5, 5.41) is 4.31. The molecule has 12 heteroatoms. The van der Waals surface area contributed by atoms with E-state index in [9.17, 15) is 13.2 Å². The fraction of sp³-hybridized carbons (Fsp3) is 0.188. The molecular formula is C32H31BrClN3O6S. The van der Waals surface area contributed by atoms with Gasteiger partial charge in [-0.25, -0.2) is 13.8 Å². The first kappa shape index (κ1) is 32.8. The van der Waals surface area contributed by atoms with Crippen molar-refractivity contribution in [2.75, 3.05) is 25.1 Å². The number of carbonyl (C=O) groups is 1. The van der Waals surface area contributed by atoms with Crippen LogP contribution in [-0.2, 0) is 21.4 Å². The largest absolute Gasteiger partial charge is 0.495 e. The second-order valence-corrected chi connectivity index (χ2v) is 12.9. The topological polar surface area (TPSA) is 107 Å². The van der Waals surface area contributed by atoms with Crippen molar-refractivity contribution in [2.24, 2.45) is 5.10 Å². The molecule has 0 heterocycles. The van der Waals surface area contributed by atoms with Gasteiger partial charge in [0.05, 0.1) is 35.5 Å². The predicted molar refractivity (Wildman–Crippen MR) is 176 cm³/mol. The molecule has 0 saturated heterocycles. The molecule has 0 spiro atoms. The third kappa shape index (κ3) is 8.10. The number of sulfonamides is 1. The first-order valence-corrected chi connectivity index (χ1v) is 15.9. The van der Waals surface area contributed by atoms with Gasteiger partial charge in [-0.2, -0.15) is 5.10 Å². The number of carbonyl (C=O) groups excluding carboxylic acids is 1. The Kier molecular flexibility index (Phi) is 10.9. The number of nitrogens with one attached hydrogen (secondary N) is 1. The zero-order valence-corrected chi connectivity index (χ0v) is 27.7. The third-order valence-corrected chi connectivity index (χ3v) is 9.06. The van der Waals surface area contributed by atoms with Crippen LogP contribution < -0.4 is 23.9 Å². The van der Waals surface area contributed by atoms with Crippen LogP contribution in [0.5, 0.6) is 17.2 Å². The summed E-state index contributed by atoms with van der Waals surface area (Å²) in [7, 11) is -1.27. The predicted octanol–water partition coefficient (Wildman–Crippen LogP) is 6.66. The van der Waals surface area contributed by atoms with E-state index in [2.05, 4.69) is 26.5 Å². The van der Waals surface area contributed by atoms with Gasteiger partial charge in [0.25, 0.3) is 15.9 Å². The summed E-state index contributed by atoms with van der Waals surface area (Å²) in [6.45, 7) is 3.62. The Bertz CT molecular complexity index is 1760. The van der Waals surface area contributed by atoms with E-state index in [1.54, 1.807) is 30.3 Å². The number of amides is 1. The van der Waals surface area contributed by atoms with Crippen molar-refractivity contribution in [2.45, 2.75) is 25.3 Å². The number of benzene rings is 4. The van der Waals surface area contributed by atoms with E-state index >= 15 is 0 Å². The van der Waals surface area contributed by atoms with Crippen molar-refractivity contribution in [1.82, 2.24) is 5.43 Å². The summed E-state index contributed by atoms with van der Waals surface area (Å²) >= 11 is 9.72. The number of halogens is 2. The highest BCUT2D eigenvalue weighted by molar-refractivity contribution is 9.10. The molecule has 0 radical (unpaired) electrons. The molecule has 1 amide bonds. The summed E-state index contributed by atoms with van der Waals surface area (Å²) in [5.74, 6) is 0.510. The summed E-state index contributed by atoms with van der Waals surface area (Å²) in [4.78, 5) is 13.1. The van der Waals surface area contributed by atoms with Gasteiger partial charge in [-0.3, -0.25) is 9.10 Å². The molecule has 0 aliphatic heterocycles. The van der Waals surface area contributed by atoms with Crippen LogP contribution in [0.2, 0.25) is 5.02 Å². The van der Waals surface area contributed by atoms with Gasteiger partial charge in [-0.1, -0.05) is 59.1 Å². The maximum Gasteiger partial charge on any atom is 0.264 e. The van der Waals surface area contributed by atoms with E-state index in [0.29, 0.717) is 28.1 Å². The minimum Gasteiger partial charge on any atom is -0.495 e. The highest BCUT2D eigenvalue weighted by atomic mass is 79.9. The molecular weight excluding hydrogens is 670 g/mol. The van der Waals surface area contributed by atoms with Gasteiger partial charge in [0.15, 0.2) is 11.5 Å². The lowest BCUT2D eigenvalue weighted by atomic mass is 10.2. The van der Waals surface area contributed by atoms with Crippen LogP contribution in [-0.4, -0.2) is 41.3 Å². The molecule has 0 saturated carbocycles. The average Bonchev–Trinajstić information content (AvgIpc) is 3.00. The lowest BCUT2D eigenvalue weighted by Crippen LogP contribution is -2.39. The Hall–Kier alpha value is -4.06. The number of rotatable bonds is 12. The first-order valence-electron chi connectivity index (χ1n) is 13.3. The van der Waals surface area contributed by atoms with Crippen molar-refractivity contribution in [1.29, 1.82) is 0 Å². The first-order chi connectivity index (χ1) is 21.0. The van der Waals surface area contributed by atoms with Crippen LogP contribution in [0.4, 0.5) is 5.69 Å². The normalized spacial score (nSPS) is 11.3. The Morgan fingerprint density at radius 1 is 0.932 bits per heavy atom. The molecule has 0 fully saturated rings. The molecule has 1 N–H and O–H groups in total. The molecule has 4 aromatic carbocycles. The average molecular weight is 701 g/mol. The molecule has 0 bridgehead atoms. The van der Waals surface area contributed by atoms with E-state index in [4.69, 9.17) is 25.8 Å². The van der Waals surface area contributed by atoms with E-state index in [-0.39, 0.29) is 21.4 Å². The highest BCUT2D eigenvalue weighted by Gasteiger charge is 2.29. The molecule has 0 aliphatic rings. The Morgan fingerprint density at radius 2 is 1.57 bits per heavy atom. The van der Waals surface area contributed by atoms with Crippen LogP contribution in [0, 0.1) is 13.8 Å². The van der Waals surface area contributed by atoms with Crippen LogP contribution in [0.1, 0.15) is 22.3 Å². The second-order valence-electron chi connectivity index (χ2n) is 9.74. The van der Waals surface area contributed by atoms with Crippen LogP contribution in [0.15, 0.2) is 93.3 Å². The number of hydrogen-bond donors (Lipinski definition) is 1. The number of hydrogen-bond acceptors (Lipinski definition) is 7. The van der Waals surface area contributed by atoms with E-state index in [1.165, 1.54) is 44.7 Å². The van der Waals surface area contributed by atoms with Crippen molar-refractivity contribution in [3.05, 3.63) is 111 Å². The van der Waals surface area contributed by atoms with Gasteiger partial charge in [-0.05, 0) is 83.4 Å². The molecule has 4 aromatic rings. The van der Waals surface area contributed by atoms with Crippen molar-refractivity contribution in [3.8, 4) is 17.2 Å². The number of hydrazone groups is 1. The van der Waals surface area contributed by atoms with Gasteiger partial charge in [0.2, 0.25) is 0 Å². The Labute approximate surface area is 270 Å². The lowest BCUT2D eigenvalue weighted by molar-refractivity contribution is -0.119. The molecule has 230 valence electrons. The van der Waals surface area contributed by atoms with Gasteiger partial charge in [0.1, 0.15) is 18.9 Å². The minimum absolute atomic E-state index is 0.00284. The van der Waals surface area contributed by atoms with Crippen molar-refractivity contribution in [3.63, 3.8) is 0 Å². The molecule has 0 aromatic heterocycles. The summed E-state index contributed by atoms with van der Waals surface area (Å²) in [6, 6.07) is 22.3. The zero-order valence-electron chi connectivity index (χ0n) is 24.5. The number of nitrogens with zero attached hydrogens (tertiary/aromatic N) is 2. The third-order valence-electron chi connectivity index (χ3n) is 6.46. The number of anilines is 1. The standard InChI is InChI=1S/C32H31BrClN3O6S/c1-21-5-9-23(10-6-21)20-43-32-27(33)15-24(16-30(32)42-4)18-35-36-31(38)19-37(28-17-25(34)11-14-29(28)41-3)44(39,40)26-12-7-22(2)8-13-26/h5-18H,19-20H2,1-4H3,(H,36,38)/b35-18-. The maximum absolute atomic E-state index is 13.7. The number of ether oxygens (including phenoxy) is 3. The fourth-order valence-corrected chi connectivity index (χ4v) is 6.30. The Morgan fingerprint density at radius 3 is 2.20 bits per heavy atom. The second kappa shape index (κ2) is 14.6. The van der Waals surface area contributed by atoms with Crippen LogP contribution in [0.25, 0.3) is 0 Å². The van der Waals surface area contributed by atoms with E-state index in [0.717, 1.165) is 21.0 Å². The van der Waals surface area contributed by atoms with E-state index < -0.39 is 22.5 Å². The van der Waals surface area contributed by atoms with E-state index in [1.807, 2.05) is 38.1 Å². The van der Waals surface area contributed by atoms with Gasteiger partial charge in [-0.15, -0.1) is 0 Å².